The van der Waals surface area contributed by atoms with Crippen LogP contribution in [0.3, 0.4) is 0 Å². The largest absolute Gasteiger partial charge is 0.493 e. The van der Waals surface area contributed by atoms with Gasteiger partial charge in [-0.3, -0.25) is 14.5 Å². The normalized spacial score (nSPS) is 14.8. The van der Waals surface area contributed by atoms with E-state index >= 15 is 0 Å². The molecule has 1 aliphatic rings. The van der Waals surface area contributed by atoms with Crippen LogP contribution in [0.25, 0.3) is 0 Å². The molecule has 0 aromatic heterocycles. The van der Waals surface area contributed by atoms with Gasteiger partial charge in [0.25, 0.3) is 5.91 Å². The van der Waals surface area contributed by atoms with Crippen molar-refractivity contribution in [3.63, 3.8) is 0 Å². The number of halogens is 1. The van der Waals surface area contributed by atoms with Crippen molar-refractivity contribution in [2.45, 2.75) is 18.9 Å². The average Bonchev–Trinajstić information content (AvgIpc) is 3.19. The van der Waals surface area contributed by atoms with Crippen molar-refractivity contribution in [2.75, 3.05) is 38.1 Å². The van der Waals surface area contributed by atoms with Crippen LogP contribution in [0.1, 0.15) is 22.3 Å². The summed E-state index contributed by atoms with van der Waals surface area (Å²) in [6, 6.07) is 17.9. The first-order valence-corrected chi connectivity index (χ1v) is 13.1. The first-order valence-electron chi connectivity index (χ1n) is 12.3. The van der Waals surface area contributed by atoms with Crippen molar-refractivity contribution in [1.29, 1.82) is 0 Å². The molecule has 11 heteroatoms. The van der Waals surface area contributed by atoms with E-state index in [1.54, 1.807) is 67.7 Å². The van der Waals surface area contributed by atoms with E-state index in [4.69, 9.17) is 38.0 Å². The molecule has 9 nitrogen and oxygen atoms in total. The number of carbonyl (C=O) groups is 3. The summed E-state index contributed by atoms with van der Waals surface area (Å²) >= 11 is 11.8. The first kappa shape index (κ1) is 28.8. The number of ether oxygens (including phenoxy) is 3. The molecule has 208 valence electrons. The minimum absolute atomic E-state index is 0.131. The highest BCUT2D eigenvalue weighted by Crippen LogP contribution is 2.31. The Labute approximate surface area is 242 Å². The van der Waals surface area contributed by atoms with Gasteiger partial charge in [-0.15, -0.1) is 0 Å². The molecule has 0 radical (unpaired) electrons. The first-order chi connectivity index (χ1) is 19.2. The van der Waals surface area contributed by atoms with Crippen molar-refractivity contribution >= 4 is 58.1 Å². The minimum Gasteiger partial charge on any atom is -0.493 e. The van der Waals surface area contributed by atoms with Crippen LogP contribution in [0, 0.1) is 0 Å². The molecule has 0 bridgehead atoms. The minimum atomic E-state index is -0.822. The summed E-state index contributed by atoms with van der Waals surface area (Å²) in [6.07, 6.45) is 0.406. The molecule has 1 atom stereocenters. The number of thiocarbonyl (C=S) groups is 1. The lowest BCUT2D eigenvalue weighted by Gasteiger charge is -2.24. The van der Waals surface area contributed by atoms with Gasteiger partial charge in [0.2, 0.25) is 5.91 Å². The number of carbonyl (C=O) groups excluding carboxylic acids is 3. The summed E-state index contributed by atoms with van der Waals surface area (Å²) in [5.41, 5.74) is 2.36. The Kier molecular flexibility index (Phi) is 9.23. The second-order valence-corrected chi connectivity index (χ2v) is 9.70. The summed E-state index contributed by atoms with van der Waals surface area (Å²) < 4.78 is 15.4. The predicted octanol–water partition coefficient (Wildman–Crippen LogP) is 4.72. The number of methoxy groups -OCH3 is 3. The number of hydrogen-bond acceptors (Lipinski definition) is 7. The van der Waals surface area contributed by atoms with Crippen LogP contribution in [-0.4, -0.2) is 61.7 Å². The summed E-state index contributed by atoms with van der Waals surface area (Å²) in [7, 11) is 4.43. The van der Waals surface area contributed by atoms with Crippen LogP contribution >= 0.6 is 23.8 Å². The molecule has 2 amide bonds. The van der Waals surface area contributed by atoms with Crippen molar-refractivity contribution in [1.82, 2.24) is 4.90 Å². The molecular weight excluding hydrogens is 554 g/mol. The number of rotatable bonds is 10. The van der Waals surface area contributed by atoms with Gasteiger partial charge in [-0.2, -0.15) is 0 Å². The van der Waals surface area contributed by atoms with Gasteiger partial charge in [-0.25, -0.2) is 4.79 Å². The molecule has 3 aromatic rings. The van der Waals surface area contributed by atoms with Crippen LogP contribution in [0.15, 0.2) is 66.7 Å². The summed E-state index contributed by atoms with van der Waals surface area (Å²) in [5.74, 6) is 0.0467. The van der Waals surface area contributed by atoms with Gasteiger partial charge in [-0.1, -0.05) is 17.7 Å². The lowest BCUT2D eigenvalue weighted by Crippen LogP contribution is -2.39. The van der Waals surface area contributed by atoms with Crippen molar-refractivity contribution in [3.05, 3.63) is 82.9 Å². The highest BCUT2D eigenvalue weighted by molar-refractivity contribution is 7.80. The van der Waals surface area contributed by atoms with E-state index < -0.39 is 12.0 Å². The Hall–Kier alpha value is -4.15. The Balaban J connectivity index is 1.54. The number of hydrogen-bond donors (Lipinski definition) is 1. The Morgan fingerprint density at radius 3 is 2.25 bits per heavy atom. The third kappa shape index (κ3) is 6.35. The summed E-state index contributed by atoms with van der Waals surface area (Å²) in [5, 5.41) is 3.62. The molecule has 1 fully saturated rings. The van der Waals surface area contributed by atoms with Gasteiger partial charge < -0.3 is 24.4 Å². The number of amides is 2. The third-order valence-electron chi connectivity index (χ3n) is 6.46. The molecule has 0 spiro atoms. The van der Waals surface area contributed by atoms with Crippen LogP contribution in [-0.2, 0) is 20.7 Å². The van der Waals surface area contributed by atoms with E-state index in [9.17, 15) is 14.4 Å². The van der Waals surface area contributed by atoms with E-state index in [1.807, 2.05) is 18.2 Å². The maximum absolute atomic E-state index is 13.6. The molecule has 3 aromatic carbocycles. The van der Waals surface area contributed by atoms with E-state index in [1.165, 1.54) is 12.0 Å². The van der Waals surface area contributed by atoms with Crippen LogP contribution in [0.4, 0.5) is 11.4 Å². The van der Waals surface area contributed by atoms with Gasteiger partial charge in [0.1, 0.15) is 6.04 Å². The fraction of sp³-hybridized carbons (Fsp3) is 0.241. The van der Waals surface area contributed by atoms with Gasteiger partial charge in [0.15, 0.2) is 16.6 Å². The topological polar surface area (TPSA) is 97.4 Å². The fourth-order valence-electron chi connectivity index (χ4n) is 4.40. The monoisotopic (exact) mass is 581 g/mol. The summed E-state index contributed by atoms with van der Waals surface area (Å²) in [6.45, 7) is 0.385. The fourth-order valence-corrected chi connectivity index (χ4v) is 4.94. The molecule has 40 heavy (non-hydrogen) atoms. The smallest absolute Gasteiger partial charge is 0.337 e. The van der Waals surface area contributed by atoms with Gasteiger partial charge in [0, 0.05) is 17.3 Å². The second-order valence-electron chi connectivity index (χ2n) is 8.90. The Morgan fingerprint density at radius 2 is 1.62 bits per heavy atom. The number of esters is 1. The summed E-state index contributed by atoms with van der Waals surface area (Å²) in [4.78, 5) is 41.6. The standard InChI is InChI=1S/C29H28ClN3O6S/c1-37-24-13-4-18(16-25(24)38-2)14-15-32-23(27(35)33(29(32)40)22-11-7-20(30)8-12-22)17-26(34)31-21-9-5-19(6-10-21)28(36)39-3/h4-13,16,23H,14-15,17H2,1-3H3,(H,31,34)/t23-/m1/s1. The zero-order valence-corrected chi connectivity index (χ0v) is 23.8. The molecule has 1 heterocycles. The predicted molar refractivity (Wildman–Crippen MR) is 156 cm³/mol. The number of nitrogens with one attached hydrogen (secondary N) is 1. The van der Waals surface area contributed by atoms with Crippen LogP contribution in [0.2, 0.25) is 5.02 Å². The molecule has 1 saturated heterocycles. The SMILES string of the molecule is COC(=O)c1ccc(NC(=O)C[C@@H]2C(=O)N(c3ccc(Cl)cc3)C(=S)N2CCc2ccc(OC)c(OC)c2)cc1. The Morgan fingerprint density at radius 1 is 0.950 bits per heavy atom. The molecule has 1 N–H and O–H groups in total. The zero-order valence-electron chi connectivity index (χ0n) is 22.2. The van der Waals surface area contributed by atoms with Gasteiger partial charge >= 0.3 is 5.97 Å². The average molecular weight is 582 g/mol. The van der Waals surface area contributed by atoms with Gasteiger partial charge in [-0.05, 0) is 84.9 Å². The maximum atomic E-state index is 13.6. The highest BCUT2D eigenvalue weighted by atomic mass is 35.5. The lowest BCUT2D eigenvalue weighted by atomic mass is 10.1. The van der Waals surface area contributed by atoms with Crippen molar-refractivity contribution in [2.24, 2.45) is 0 Å². The molecule has 0 aliphatic carbocycles. The molecule has 0 saturated carbocycles. The van der Waals surface area contributed by atoms with E-state index in [0.29, 0.717) is 51.5 Å². The second kappa shape index (κ2) is 12.8. The number of benzene rings is 3. The number of nitrogens with zero attached hydrogens (tertiary/aromatic N) is 2. The third-order valence-corrected chi connectivity index (χ3v) is 7.13. The van der Waals surface area contributed by atoms with E-state index in [0.717, 1.165) is 5.56 Å². The lowest BCUT2D eigenvalue weighted by molar-refractivity contribution is -0.124. The Bertz CT molecular complexity index is 1410. The van der Waals surface area contributed by atoms with Crippen LogP contribution < -0.4 is 19.7 Å². The van der Waals surface area contributed by atoms with Crippen LogP contribution in [0.5, 0.6) is 11.5 Å². The van der Waals surface area contributed by atoms with Crippen molar-refractivity contribution in [3.8, 4) is 11.5 Å². The van der Waals surface area contributed by atoms with Gasteiger partial charge in [0.05, 0.1) is 39.0 Å². The molecule has 1 aliphatic heterocycles. The van der Waals surface area contributed by atoms with Crippen molar-refractivity contribution < 1.29 is 28.6 Å². The van der Waals surface area contributed by atoms with E-state index in [-0.39, 0.29) is 18.2 Å². The van der Waals surface area contributed by atoms with E-state index in [2.05, 4.69) is 5.32 Å². The number of anilines is 2. The zero-order chi connectivity index (χ0) is 28.8. The molecule has 0 unspecified atom stereocenters. The quantitative estimate of drug-likeness (QED) is 0.271. The maximum Gasteiger partial charge on any atom is 0.337 e. The molecular formula is C29H28ClN3O6S. The molecule has 4 rings (SSSR count). The highest BCUT2D eigenvalue weighted by Gasteiger charge is 2.43.